The molecule has 5 aromatic rings. The Hall–Kier alpha value is -3.81. The van der Waals surface area contributed by atoms with Gasteiger partial charge in [0.2, 0.25) is 0 Å². The van der Waals surface area contributed by atoms with Crippen molar-refractivity contribution in [3.05, 3.63) is 84.0 Å². The summed E-state index contributed by atoms with van der Waals surface area (Å²) < 4.78 is 7.39. The average Bonchev–Trinajstić information content (AvgIpc) is 3.37. The monoisotopic (exact) mass is 480 g/mol. The number of benzene rings is 3. The number of piperazine rings is 1. The molecular weight excluding hydrogens is 456 g/mol. The van der Waals surface area contributed by atoms with Crippen LogP contribution >= 0.6 is 11.3 Å². The summed E-state index contributed by atoms with van der Waals surface area (Å²) in [6, 6.07) is 21.9. The molecule has 0 N–H and O–H groups in total. The maximum Gasteiger partial charge on any atom is 0.253 e. The number of likely N-dealkylation sites (N-methyl/N-ethyl adjacent to an activating group) is 1. The number of amides is 1. The summed E-state index contributed by atoms with van der Waals surface area (Å²) in [5.74, 6) is 1.58. The average molecular weight is 481 g/mol. The fourth-order valence-corrected chi connectivity index (χ4v) is 5.07. The minimum absolute atomic E-state index is 0.0973. The van der Waals surface area contributed by atoms with E-state index in [0.717, 1.165) is 75.5 Å². The van der Waals surface area contributed by atoms with Crippen molar-refractivity contribution in [1.82, 2.24) is 19.8 Å². The van der Waals surface area contributed by atoms with Crippen molar-refractivity contribution >= 4 is 38.4 Å². The number of hydrogen-bond donors (Lipinski definition) is 0. The molecule has 174 valence electrons. The van der Waals surface area contributed by atoms with Crippen LogP contribution in [0.4, 0.5) is 0 Å². The third-order valence-corrected chi connectivity index (χ3v) is 7.30. The summed E-state index contributed by atoms with van der Waals surface area (Å²) in [7, 11) is 2.09. The van der Waals surface area contributed by atoms with Crippen molar-refractivity contribution in [2.24, 2.45) is 0 Å². The Labute approximate surface area is 207 Å². The molecule has 6 nitrogen and oxygen atoms in total. The number of fused-ring (bicyclic) bond motifs is 2. The number of thiazole rings is 1. The number of nitrogens with zero attached hydrogens (tertiary/aromatic N) is 4. The molecular formula is C28H24N4O2S. The number of hydrogen-bond acceptors (Lipinski definition) is 6. The summed E-state index contributed by atoms with van der Waals surface area (Å²) in [6.45, 7) is 3.37. The van der Waals surface area contributed by atoms with Gasteiger partial charge in [0.05, 0.1) is 21.2 Å². The highest BCUT2D eigenvalue weighted by atomic mass is 32.1. The molecule has 1 amide bonds. The Morgan fingerprint density at radius 1 is 0.857 bits per heavy atom. The standard InChI is InChI=1S/C28H24N4O2S/c1-31-12-14-32(15-13-31)28(33)20-4-2-19(3-5-20)21-6-8-24-23(16-21)26(10-11-29-24)34-22-7-9-27-25(17-22)30-18-35-27/h2-11,16-18H,12-15H2,1H3. The minimum atomic E-state index is 0.0973. The zero-order valence-electron chi connectivity index (χ0n) is 19.3. The number of carbonyl (C=O) groups is 1. The van der Waals surface area contributed by atoms with Crippen molar-refractivity contribution < 1.29 is 9.53 Å². The van der Waals surface area contributed by atoms with Gasteiger partial charge in [-0.1, -0.05) is 18.2 Å². The molecule has 1 aliphatic rings. The van der Waals surface area contributed by atoms with Crippen molar-refractivity contribution in [3.63, 3.8) is 0 Å². The first kappa shape index (κ1) is 21.7. The summed E-state index contributed by atoms with van der Waals surface area (Å²) in [6.07, 6.45) is 1.76. The number of rotatable bonds is 4. The molecule has 1 saturated heterocycles. The van der Waals surface area contributed by atoms with Gasteiger partial charge >= 0.3 is 0 Å². The van der Waals surface area contributed by atoms with Gasteiger partial charge in [-0.05, 0) is 60.6 Å². The highest BCUT2D eigenvalue weighted by Gasteiger charge is 2.20. The normalized spacial score (nSPS) is 14.5. The van der Waals surface area contributed by atoms with E-state index >= 15 is 0 Å². The van der Waals surface area contributed by atoms with E-state index in [0.29, 0.717) is 0 Å². The molecule has 0 spiro atoms. The third kappa shape index (κ3) is 4.36. The quantitative estimate of drug-likeness (QED) is 0.331. The van der Waals surface area contributed by atoms with Gasteiger partial charge in [0, 0.05) is 49.4 Å². The molecule has 0 bridgehead atoms. The van der Waals surface area contributed by atoms with E-state index in [4.69, 9.17) is 4.74 Å². The molecule has 1 fully saturated rings. The molecule has 3 aromatic carbocycles. The lowest BCUT2D eigenvalue weighted by Crippen LogP contribution is -2.47. The number of ether oxygens (including phenoxy) is 1. The molecule has 0 aliphatic carbocycles. The Morgan fingerprint density at radius 2 is 1.66 bits per heavy atom. The maximum atomic E-state index is 12.9. The molecule has 35 heavy (non-hydrogen) atoms. The Balaban J connectivity index is 1.27. The summed E-state index contributed by atoms with van der Waals surface area (Å²) in [4.78, 5) is 26.0. The Kier molecular flexibility index (Phi) is 5.64. The van der Waals surface area contributed by atoms with Crippen LogP contribution in [-0.2, 0) is 0 Å². The third-order valence-electron chi connectivity index (χ3n) is 6.49. The Morgan fingerprint density at radius 3 is 2.49 bits per heavy atom. The summed E-state index contributed by atoms with van der Waals surface area (Å²) in [5.41, 5.74) is 6.44. The van der Waals surface area contributed by atoms with Gasteiger partial charge in [-0.25, -0.2) is 4.98 Å². The number of pyridine rings is 1. The molecule has 3 heterocycles. The second-order valence-electron chi connectivity index (χ2n) is 8.80. The molecule has 7 heteroatoms. The van der Waals surface area contributed by atoms with E-state index in [9.17, 15) is 4.79 Å². The van der Waals surface area contributed by atoms with Gasteiger partial charge in [0.15, 0.2) is 0 Å². The van der Waals surface area contributed by atoms with Gasteiger partial charge in [-0.15, -0.1) is 11.3 Å². The lowest BCUT2D eigenvalue weighted by molar-refractivity contribution is 0.0664. The number of aromatic nitrogens is 2. The second-order valence-corrected chi connectivity index (χ2v) is 9.68. The van der Waals surface area contributed by atoms with Gasteiger partial charge in [0.1, 0.15) is 11.5 Å². The topological polar surface area (TPSA) is 58.6 Å². The van der Waals surface area contributed by atoms with Crippen LogP contribution < -0.4 is 4.74 Å². The van der Waals surface area contributed by atoms with E-state index < -0.39 is 0 Å². The van der Waals surface area contributed by atoms with Gasteiger partial charge in [0.25, 0.3) is 5.91 Å². The zero-order chi connectivity index (χ0) is 23.8. The van der Waals surface area contributed by atoms with Crippen LogP contribution in [0.2, 0.25) is 0 Å². The van der Waals surface area contributed by atoms with Crippen LogP contribution in [0, 0.1) is 0 Å². The van der Waals surface area contributed by atoms with Crippen LogP contribution in [0.25, 0.3) is 32.2 Å². The first-order chi connectivity index (χ1) is 17.1. The van der Waals surface area contributed by atoms with Crippen molar-refractivity contribution in [3.8, 4) is 22.6 Å². The van der Waals surface area contributed by atoms with E-state index in [1.54, 1.807) is 17.5 Å². The highest BCUT2D eigenvalue weighted by Crippen LogP contribution is 2.33. The molecule has 2 aromatic heterocycles. The first-order valence-corrected chi connectivity index (χ1v) is 12.5. The van der Waals surface area contributed by atoms with Gasteiger partial charge in [-0.3, -0.25) is 9.78 Å². The van der Waals surface area contributed by atoms with Gasteiger partial charge < -0.3 is 14.5 Å². The van der Waals surface area contributed by atoms with Gasteiger partial charge in [-0.2, -0.15) is 0 Å². The molecule has 1 aliphatic heterocycles. The molecule has 0 unspecified atom stereocenters. The minimum Gasteiger partial charge on any atom is -0.457 e. The largest absolute Gasteiger partial charge is 0.457 e. The van der Waals surface area contributed by atoms with Crippen LogP contribution in [0.3, 0.4) is 0 Å². The van der Waals surface area contributed by atoms with Crippen LogP contribution in [0.1, 0.15) is 10.4 Å². The maximum absolute atomic E-state index is 12.9. The van der Waals surface area contributed by atoms with E-state index in [1.165, 1.54) is 0 Å². The van der Waals surface area contributed by atoms with Crippen LogP contribution in [0.15, 0.2) is 78.4 Å². The second kappa shape index (κ2) is 9.09. The summed E-state index contributed by atoms with van der Waals surface area (Å²) in [5, 5.41) is 0.931. The van der Waals surface area contributed by atoms with E-state index in [2.05, 4.69) is 34.0 Å². The van der Waals surface area contributed by atoms with Crippen molar-refractivity contribution in [2.45, 2.75) is 0 Å². The Bertz CT molecular complexity index is 1520. The van der Waals surface area contributed by atoms with Crippen LogP contribution in [0.5, 0.6) is 11.5 Å². The van der Waals surface area contributed by atoms with Crippen molar-refractivity contribution in [1.29, 1.82) is 0 Å². The van der Waals surface area contributed by atoms with Crippen LogP contribution in [-0.4, -0.2) is 58.9 Å². The van der Waals surface area contributed by atoms with Crippen molar-refractivity contribution in [2.75, 3.05) is 33.2 Å². The first-order valence-electron chi connectivity index (χ1n) is 11.6. The molecule has 0 radical (unpaired) electrons. The zero-order valence-corrected chi connectivity index (χ0v) is 20.2. The lowest BCUT2D eigenvalue weighted by atomic mass is 10.0. The van der Waals surface area contributed by atoms with E-state index in [-0.39, 0.29) is 5.91 Å². The number of carbonyl (C=O) groups excluding carboxylic acids is 1. The summed E-state index contributed by atoms with van der Waals surface area (Å²) >= 11 is 1.61. The fourth-order valence-electron chi connectivity index (χ4n) is 4.42. The smallest absolute Gasteiger partial charge is 0.253 e. The van der Waals surface area contributed by atoms with E-state index in [1.807, 2.05) is 65.0 Å². The molecule has 0 saturated carbocycles. The lowest BCUT2D eigenvalue weighted by Gasteiger charge is -2.32. The predicted molar refractivity (Wildman–Crippen MR) is 140 cm³/mol. The molecule has 0 atom stereocenters. The molecule has 6 rings (SSSR count). The fraction of sp³-hybridized carbons (Fsp3) is 0.179. The highest BCUT2D eigenvalue weighted by molar-refractivity contribution is 7.16. The predicted octanol–water partition coefficient (Wildman–Crippen LogP) is 5.69. The SMILES string of the molecule is CN1CCN(C(=O)c2ccc(-c3ccc4nccc(Oc5ccc6scnc6c5)c4c3)cc2)CC1.